The van der Waals surface area contributed by atoms with E-state index in [2.05, 4.69) is 46.5 Å². The minimum Gasteiger partial charge on any atom is -0.493 e. The van der Waals surface area contributed by atoms with Crippen molar-refractivity contribution in [3.8, 4) is 74.3 Å². The van der Waals surface area contributed by atoms with Crippen LogP contribution in [0.4, 0.5) is 0 Å². The van der Waals surface area contributed by atoms with E-state index < -0.39 is 0 Å². The van der Waals surface area contributed by atoms with Gasteiger partial charge in [0.05, 0.1) is 49.4 Å². The third kappa shape index (κ3) is 7.64. The van der Waals surface area contributed by atoms with Crippen molar-refractivity contribution in [2.75, 3.05) is 39.6 Å². The van der Waals surface area contributed by atoms with Gasteiger partial charge in [-0.3, -0.25) is 0 Å². The molecule has 2 aliphatic rings. The molecule has 0 unspecified atom stereocenters. The summed E-state index contributed by atoms with van der Waals surface area (Å²) < 4.78 is 34.8. The van der Waals surface area contributed by atoms with E-state index in [0.29, 0.717) is 131 Å². The topological polar surface area (TPSA) is 153 Å². The highest BCUT2D eigenvalue weighted by Crippen LogP contribution is 2.54. The van der Waals surface area contributed by atoms with Gasteiger partial charge in [-0.2, -0.15) is 0 Å². The smallest absolute Gasteiger partial charge is 0.208 e. The molecule has 0 radical (unpaired) electrons. The lowest BCUT2D eigenvalue weighted by molar-refractivity contribution is 0.127. The standard InChI is InChI=1S/C50H54N8O6/c1-7-24-59-35-23-17-22-34-36(35)46-53-45(34)57-50-33-21-16-15-20-32(33)49(58(50)64-29-12-6)56-44-31-19-14-13-18-30(31)43(51-44)52-47-37-38(48(54-46)55-47)40(61-26-9-3)42(63-28-11-5)41(62-27-10-4)39(37)60-25-8-2/h13-23H,7-12,24-29H2,1-6H3,(H,51,52,53,54,55,56,57). The normalized spacial score (nSPS) is 11.7. The maximum absolute atomic E-state index is 6.74. The highest BCUT2D eigenvalue weighted by atomic mass is 16.7. The first-order valence-corrected chi connectivity index (χ1v) is 22.7. The minimum absolute atomic E-state index is 0.392. The van der Waals surface area contributed by atoms with Crippen molar-refractivity contribution in [3.05, 3.63) is 66.7 Å². The Morgan fingerprint density at radius 1 is 0.422 bits per heavy atom. The van der Waals surface area contributed by atoms with Crippen LogP contribution in [-0.4, -0.2) is 79.3 Å². The number of fused-ring (bicyclic) bond motifs is 20. The van der Waals surface area contributed by atoms with Crippen LogP contribution in [0.15, 0.2) is 66.7 Å². The van der Waals surface area contributed by atoms with Gasteiger partial charge in [0.25, 0.3) is 0 Å². The zero-order valence-electron chi connectivity index (χ0n) is 37.4. The largest absolute Gasteiger partial charge is 0.493 e. The van der Waals surface area contributed by atoms with Crippen LogP contribution in [0.1, 0.15) is 80.1 Å². The van der Waals surface area contributed by atoms with Crippen molar-refractivity contribution in [3.63, 3.8) is 0 Å². The molecule has 330 valence electrons. The molecule has 2 aliphatic heterocycles. The molecule has 64 heavy (non-hydrogen) atoms. The van der Waals surface area contributed by atoms with E-state index in [0.717, 1.165) is 66.0 Å². The predicted octanol–water partition coefficient (Wildman–Crippen LogP) is 11.1. The van der Waals surface area contributed by atoms with Crippen LogP contribution in [0, 0.1) is 0 Å². The molecule has 14 nitrogen and oxygen atoms in total. The summed E-state index contributed by atoms with van der Waals surface area (Å²) in [6.45, 7) is 15.0. The van der Waals surface area contributed by atoms with Crippen molar-refractivity contribution in [1.82, 2.24) is 39.6 Å². The van der Waals surface area contributed by atoms with E-state index in [1.54, 1.807) is 4.73 Å². The first-order chi connectivity index (χ1) is 31.5. The van der Waals surface area contributed by atoms with Gasteiger partial charge in [-0.15, -0.1) is 4.73 Å². The summed E-state index contributed by atoms with van der Waals surface area (Å²) >= 11 is 0. The second-order valence-corrected chi connectivity index (χ2v) is 15.6. The molecule has 1 N–H and O–H groups in total. The second kappa shape index (κ2) is 18.8. The van der Waals surface area contributed by atoms with Crippen LogP contribution in [0.3, 0.4) is 0 Å². The number of aromatic nitrogens is 8. The van der Waals surface area contributed by atoms with Crippen molar-refractivity contribution >= 4 is 44.1 Å². The van der Waals surface area contributed by atoms with Crippen LogP contribution >= 0.6 is 0 Å². The summed E-state index contributed by atoms with van der Waals surface area (Å²) in [5.74, 6) is 4.25. The Hall–Kier alpha value is -6.96. The van der Waals surface area contributed by atoms with Crippen LogP contribution in [0.25, 0.3) is 89.7 Å². The zero-order valence-corrected chi connectivity index (χ0v) is 37.4. The second-order valence-electron chi connectivity index (χ2n) is 15.6. The maximum Gasteiger partial charge on any atom is 0.208 e. The fourth-order valence-corrected chi connectivity index (χ4v) is 7.92. The quantitative estimate of drug-likeness (QED) is 0.0873. The molecule has 4 aromatic carbocycles. The van der Waals surface area contributed by atoms with E-state index in [-0.39, 0.29) is 0 Å². The Morgan fingerprint density at radius 3 is 1.41 bits per heavy atom. The van der Waals surface area contributed by atoms with Crippen LogP contribution in [0.5, 0.6) is 28.7 Å². The minimum atomic E-state index is 0.392. The first-order valence-electron chi connectivity index (χ1n) is 22.7. The fourth-order valence-electron chi connectivity index (χ4n) is 7.92. The summed E-state index contributed by atoms with van der Waals surface area (Å²) in [6.07, 6.45) is 4.60. The number of benzene rings is 4. The van der Waals surface area contributed by atoms with Gasteiger partial charge >= 0.3 is 0 Å². The molecule has 0 spiro atoms. The predicted molar refractivity (Wildman–Crippen MR) is 250 cm³/mol. The lowest BCUT2D eigenvalue weighted by atomic mass is 10.1. The van der Waals surface area contributed by atoms with E-state index in [1.807, 2.05) is 66.7 Å². The highest BCUT2D eigenvalue weighted by molar-refractivity contribution is 6.14. The number of H-pyrrole nitrogens is 1. The molecule has 0 saturated heterocycles. The maximum atomic E-state index is 6.74. The number of nitrogens with zero attached hydrogens (tertiary/aromatic N) is 7. The molecule has 14 heteroatoms. The molecule has 0 atom stereocenters. The van der Waals surface area contributed by atoms with Crippen molar-refractivity contribution in [2.45, 2.75) is 80.1 Å². The number of nitrogens with one attached hydrogen (secondary N) is 1. The van der Waals surface area contributed by atoms with Gasteiger partial charge in [-0.1, -0.05) is 102 Å². The molecule has 5 heterocycles. The van der Waals surface area contributed by atoms with Gasteiger partial charge < -0.3 is 33.5 Å². The van der Waals surface area contributed by atoms with Crippen molar-refractivity contribution < 1.29 is 28.5 Å². The van der Waals surface area contributed by atoms with E-state index >= 15 is 0 Å². The molecule has 0 amide bonds. The van der Waals surface area contributed by atoms with Crippen LogP contribution < -0.4 is 28.5 Å². The monoisotopic (exact) mass is 862 g/mol. The fraction of sp³-hybridized carbons (Fsp3) is 0.360. The van der Waals surface area contributed by atoms with Crippen LogP contribution in [0.2, 0.25) is 0 Å². The van der Waals surface area contributed by atoms with E-state index in [4.69, 9.17) is 58.4 Å². The average molecular weight is 863 g/mol. The van der Waals surface area contributed by atoms with Gasteiger partial charge in [0.1, 0.15) is 23.7 Å². The summed E-state index contributed by atoms with van der Waals surface area (Å²) in [5.41, 5.74) is 5.05. The van der Waals surface area contributed by atoms with E-state index in [1.165, 1.54) is 0 Å². The molecule has 8 bridgehead atoms. The zero-order chi connectivity index (χ0) is 44.2. The van der Waals surface area contributed by atoms with Gasteiger partial charge in [-0.25, -0.2) is 29.9 Å². The highest BCUT2D eigenvalue weighted by Gasteiger charge is 2.31. The number of rotatable bonds is 18. The SMILES string of the molecule is CCCOc1cccc2c1-c1nc-2nc2c3ccccc3c(nc3nc(nc4[nH]c(n1)c1c(OCCC)c(OCCC)c(OCCC)c(OCCC)c41)-c1ccccc1-3)n2OCCC. The average Bonchev–Trinajstić information content (AvgIpc) is 4.05. The molecule has 7 aromatic rings. The molecule has 0 aliphatic carbocycles. The Bertz CT molecular complexity index is 3020. The Kier molecular flexibility index (Phi) is 12.4. The Labute approximate surface area is 371 Å². The van der Waals surface area contributed by atoms with Crippen molar-refractivity contribution in [1.29, 1.82) is 0 Å². The number of aromatic amines is 1. The number of hydrogen-bond donors (Lipinski definition) is 1. The Balaban J connectivity index is 1.53. The summed E-state index contributed by atoms with van der Waals surface area (Å²) in [7, 11) is 0. The number of ether oxygens (including phenoxy) is 5. The summed E-state index contributed by atoms with van der Waals surface area (Å²) in [6, 6.07) is 21.9. The molecule has 9 rings (SSSR count). The van der Waals surface area contributed by atoms with Crippen molar-refractivity contribution in [2.24, 2.45) is 0 Å². The number of hydrogen-bond acceptors (Lipinski definition) is 12. The molecule has 0 saturated carbocycles. The van der Waals surface area contributed by atoms with E-state index in [9.17, 15) is 0 Å². The molecular weight excluding hydrogens is 809 g/mol. The molecule has 0 fully saturated rings. The molecular formula is C50H54N8O6. The lowest BCUT2D eigenvalue weighted by Crippen LogP contribution is -2.13. The van der Waals surface area contributed by atoms with Crippen LogP contribution in [-0.2, 0) is 0 Å². The third-order valence-electron chi connectivity index (χ3n) is 10.7. The summed E-state index contributed by atoms with van der Waals surface area (Å²) in [5, 5.41) is 2.91. The summed E-state index contributed by atoms with van der Waals surface area (Å²) in [4.78, 5) is 42.0. The Morgan fingerprint density at radius 2 is 0.859 bits per heavy atom. The molecule has 3 aromatic heterocycles. The van der Waals surface area contributed by atoms with Gasteiger partial charge in [0.2, 0.25) is 11.5 Å². The van der Waals surface area contributed by atoms with Gasteiger partial charge in [0.15, 0.2) is 46.1 Å². The third-order valence-corrected chi connectivity index (χ3v) is 10.7. The van der Waals surface area contributed by atoms with Gasteiger partial charge in [-0.05, 0) is 44.6 Å². The van der Waals surface area contributed by atoms with Gasteiger partial charge in [0, 0.05) is 27.5 Å². The first kappa shape index (κ1) is 42.3. The lowest BCUT2D eigenvalue weighted by Gasteiger charge is -2.21.